The molecule has 2 unspecified atom stereocenters. The highest BCUT2D eigenvalue weighted by Gasteiger charge is 2.13. The fourth-order valence-corrected chi connectivity index (χ4v) is 2.34. The molecule has 1 aromatic rings. The molecule has 0 saturated heterocycles. The zero-order valence-electron chi connectivity index (χ0n) is 10.5. The number of nitrogens with one attached hydrogen (secondary N) is 1. The van der Waals surface area contributed by atoms with Gasteiger partial charge in [0, 0.05) is 16.5 Å². The number of hydrogen-bond acceptors (Lipinski definition) is 3. The number of carbonyl (C=O) groups excluding carboxylic acids is 1. The third kappa shape index (κ3) is 5.76. The molecule has 0 bridgehead atoms. The lowest BCUT2D eigenvalue weighted by Gasteiger charge is -2.12. The minimum atomic E-state index is -0.385. The van der Waals surface area contributed by atoms with Gasteiger partial charge in [-0.3, -0.25) is 4.79 Å². The van der Waals surface area contributed by atoms with Crippen molar-refractivity contribution in [2.75, 3.05) is 6.54 Å². The van der Waals surface area contributed by atoms with Gasteiger partial charge in [0.05, 0.1) is 11.4 Å². The summed E-state index contributed by atoms with van der Waals surface area (Å²) < 4.78 is 0. The van der Waals surface area contributed by atoms with Crippen LogP contribution in [0.3, 0.4) is 0 Å². The molecule has 2 atom stereocenters. The molecule has 0 aliphatic heterocycles. The number of aliphatic hydroxyl groups is 1. The SMILES string of the molecule is CC(O)CCNC(=O)C(C)Sc1ccc(Cl)cc1. The lowest BCUT2D eigenvalue weighted by atomic mass is 10.3. The van der Waals surface area contributed by atoms with E-state index in [2.05, 4.69) is 5.32 Å². The number of aliphatic hydroxyl groups excluding tert-OH is 1. The largest absolute Gasteiger partial charge is 0.393 e. The summed E-state index contributed by atoms with van der Waals surface area (Å²) >= 11 is 7.28. The topological polar surface area (TPSA) is 49.3 Å². The van der Waals surface area contributed by atoms with E-state index >= 15 is 0 Å². The monoisotopic (exact) mass is 287 g/mol. The van der Waals surface area contributed by atoms with E-state index in [4.69, 9.17) is 16.7 Å². The zero-order chi connectivity index (χ0) is 13.5. The zero-order valence-corrected chi connectivity index (χ0v) is 12.1. The third-order valence-corrected chi connectivity index (χ3v) is 3.72. The van der Waals surface area contributed by atoms with Gasteiger partial charge in [-0.15, -0.1) is 11.8 Å². The van der Waals surface area contributed by atoms with E-state index in [1.54, 1.807) is 6.92 Å². The normalized spacial score (nSPS) is 14.0. The van der Waals surface area contributed by atoms with Crippen LogP contribution in [0.4, 0.5) is 0 Å². The van der Waals surface area contributed by atoms with Gasteiger partial charge in [0.15, 0.2) is 0 Å². The predicted molar refractivity (Wildman–Crippen MR) is 76.1 cm³/mol. The summed E-state index contributed by atoms with van der Waals surface area (Å²) in [5.74, 6) is -0.0180. The summed E-state index contributed by atoms with van der Waals surface area (Å²) in [7, 11) is 0. The molecule has 0 aliphatic rings. The van der Waals surface area contributed by atoms with Crippen molar-refractivity contribution < 1.29 is 9.90 Å². The summed E-state index contributed by atoms with van der Waals surface area (Å²) in [4.78, 5) is 12.8. The van der Waals surface area contributed by atoms with Crippen LogP contribution in [0.15, 0.2) is 29.2 Å². The van der Waals surface area contributed by atoms with Gasteiger partial charge >= 0.3 is 0 Å². The number of benzene rings is 1. The Morgan fingerprint density at radius 2 is 2.00 bits per heavy atom. The van der Waals surface area contributed by atoms with Crippen LogP contribution in [0.5, 0.6) is 0 Å². The molecular weight excluding hydrogens is 270 g/mol. The van der Waals surface area contributed by atoms with E-state index in [1.165, 1.54) is 11.8 Å². The summed E-state index contributed by atoms with van der Waals surface area (Å²) in [6.07, 6.45) is 0.189. The Morgan fingerprint density at radius 3 is 2.56 bits per heavy atom. The maximum atomic E-state index is 11.8. The molecule has 0 heterocycles. The molecule has 1 amide bonds. The molecule has 0 radical (unpaired) electrons. The van der Waals surface area contributed by atoms with Crippen LogP contribution in [-0.4, -0.2) is 28.9 Å². The molecule has 0 aliphatic carbocycles. The minimum absolute atomic E-state index is 0.0180. The van der Waals surface area contributed by atoms with Crippen molar-refractivity contribution in [2.24, 2.45) is 0 Å². The Morgan fingerprint density at radius 1 is 1.39 bits per heavy atom. The first-order valence-corrected chi connectivity index (χ1v) is 7.13. The van der Waals surface area contributed by atoms with E-state index in [0.717, 1.165) is 4.90 Å². The molecule has 3 nitrogen and oxygen atoms in total. The van der Waals surface area contributed by atoms with E-state index in [9.17, 15) is 4.79 Å². The number of amides is 1. The maximum Gasteiger partial charge on any atom is 0.233 e. The number of carbonyl (C=O) groups is 1. The van der Waals surface area contributed by atoms with Gasteiger partial charge in [-0.2, -0.15) is 0 Å². The molecule has 1 rings (SSSR count). The number of rotatable bonds is 6. The van der Waals surface area contributed by atoms with Crippen LogP contribution in [0.2, 0.25) is 5.02 Å². The molecule has 0 aromatic heterocycles. The quantitative estimate of drug-likeness (QED) is 0.791. The van der Waals surface area contributed by atoms with Crippen molar-refractivity contribution in [2.45, 2.75) is 36.5 Å². The summed E-state index contributed by atoms with van der Waals surface area (Å²) in [5, 5.41) is 12.4. The van der Waals surface area contributed by atoms with Crippen molar-refractivity contribution in [3.05, 3.63) is 29.3 Å². The second-order valence-corrected chi connectivity index (χ2v) is 5.99. The minimum Gasteiger partial charge on any atom is -0.393 e. The van der Waals surface area contributed by atoms with Crippen LogP contribution in [-0.2, 0) is 4.79 Å². The van der Waals surface area contributed by atoms with Crippen LogP contribution < -0.4 is 5.32 Å². The average Bonchev–Trinajstić information content (AvgIpc) is 2.31. The van der Waals surface area contributed by atoms with Crippen LogP contribution in [0.25, 0.3) is 0 Å². The van der Waals surface area contributed by atoms with Crippen molar-refractivity contribution in [3.63, 3.8) is 0 Å². The summed E-state index contributed by atoms with van der Waals surface area (Å²) in [6, 6.07) is 7.41. The lowest BCUT2D eigenvalue weighted by Crippen LogP contribution is -2.32. The number of thioether (sulfide) groups is 1. The highest BCUT2D eigenvalue weighted by atomic mass is 35.5. The highest BCUT2D eigenvalue weighted by Crippen LogP contribution is 2.24. The highest BCUT2D eigenvalue weighted by molar-refractivity contribution is 8.00. The van der Waals surface area contributed by atoms with Gasteiger partial charge in [-0.05, 0) is 44.5 Å². The van der Waals surface area contributed by atoms with Crippen molar-refractivity contribution in [1.29, 1.82) is 0 Å². The van der Waals surface area contributed by atoms with Crippen LogP contribution in [0, 0.1) is 0 Å². The van der Waals surface area contributed by atoms with Crippen molar-refractivity contribution >= 4 is 29.3 Å². The van der Waals surface area contributed by atoms with Crippen LogP contribution in [0.1, 0.15) is 20.3 Å². The Kier molecular flexibility index (Phi) is 6.54. The smallest absolute Gasteiger partial charge is 0.233 e. The van der Waals surface area contributed by atoms with Gasteiger partial charge in [-0.25, -0.2) is 0 Å². The number of halogens is 1. The molecular formula is C13H18ClNO2S. The third-order valence-electron chi connectivity index (χ3n) is 2.36. The second-order valence-electron chi connectivity index (χ2n) is 4.14. The fraction of sp³-hybridized carbons (Fsp3) is 0.462. The first-order valence-electron chi connectivity index (χ1n) is 5.87. The molecule has 100 valence electrons. The van der Waals surface area contributed by atoms with E-state index in [-0.39, 0.29) is 17.3 Å². The lowest BCUT2D eigenvalue weighted by molar-refractivity contribution is -0.120. The molecule has 18 heavy (non-hydrogen) atoms. The van der Waals surface area contributed by atoms with Crippen molar-refractivity contribution in [1.82, 2.24) is 5.32 Å². The molecule has 0 fully saturated rings. The molecule has 2 N–H and O–H groups in total. The molecule has 0 spiro atoms. The maximum absolute atomic E-state index is 11.8. The Labute approximate surface area is 117 Å². The molecule has 5 heteroatoms. The Bertz CT molecular complexity index is 381. The predicted octanol–water partition coefficient (Wildman–Crippen LogP) is 2.71. The van der Waals surface area contributed by atoms with E-state index in [1.807, 2.05) is 31.2 Å². The van der Waals surface area contributed by atoms with Crippen LogP contribution >= 0.6 is 23.4 Å². The second kappa shape index (κ2) is 7.67. The van der Waals surface area contributed by atoms with Gasteiger partial charge in [-0.1, -0.05) is 11.6 Å². The van der Waals surface area contributed by atoms with Gasteiger partial charge < -0.3 is 10.4 Å². The average molecular weight is 288 g/mol. The van der Waals surface area contributed by atoms with Gasteiger partial charge in [0.2, 0.25) is 5.91 Å². The fourth-order valence-electron chi connectivity index (χ4n) is 1.32. The van der Waals surface area contributed by atoms with E-state index < -0.39 is 0 Å². The standard InChI is InChI=1S/C13H18ClNO2S/c1-9(16)7-8-15-13(17)10(2)18-12-5-3-11(14)4-6-12/h3-6,9-10,16H,7-8H2,1-2H3,(H,15,17). The number of hydrogen-bond donors (Lipinski definition) is 2. The summed E-state index contributed by atoms with van der Waals surface area (Å²) in [5.41, 5.74) is 0. The van der Waals surface area contributed by atoms with Gasteiger partial charge in [0.1, 0.15) is 0 Å². The first-order chi connectivity index (χ1) is 8.49. The molecule has 1 aromatic carbocycles. The first kappa shape index (κ1) is 15.3. The molecule has 0 saturated carbocycles. The Hall–Kier alpha value is -0.710. The van der Waals surface area contributed by atoms with E-state index in [0.29, 0.717) is 18.0 Å². The van der Waals surface area contributed by atoms with Crippen molar-refractivity contribution in [3.8, 4) is 0 Å². The van der Waals surface area contributed by atoms with Gasteiger partial charge in [0.25, 0.3) is 0 Å². The summed E-state index contributed by atoms with van der Waals surface area (Å²) in [6.45, 7) is 4.07. The Balaban J connectivity index is 2.37.